The van der Waals surface area contributed by atoms with Crippen molar-refractivity contribution < 1.29 is 23.4 Å². The van der Waals surface area contributed by atoms with Crippen LogP contribution in [0.3, 0.4) is 0 Å². The Balaban J connectivity index is 1.48. The van der Waals surface area contributed by atoms with Crippen molar-refractivity contribution in [2.75, 3.05) is 27.5 Å². The molecule has 0 amide bonds. The number of hydrogen-bond acceptors (Lipinski definition) is 6. The molecule has 2 heterocycles. The van der Waals surface area contributed by atoms with Gasteiger partial charge >= 0.3 is 5.97 Å². The largest absolute Gasteiger partial charge is 0.465 e. The second kappa shape index (κ2) is 8.48. The molecular weight excluding hydrogens is 350 g/mol. The third-order valence-corrected chi connectivity index (χ3v) is 4.17. The van der Waals surface area contributed by atoms with Crippen molar-refractivity contribution in [1.29, 1.82) is 0 Å². The lowest BCUT2D eigenvalue weighted by Gasteiger charge is -2.11. The smallest absolute Gasteiger partial charge is 0.341 e. The van der Waals surface area contributed by atoms with Gasteiger partial charge in [0.15, 0.2) is 17.5 Å². The van der Waals surface area contributed by atoms with E-state index < -0.39 is 5.97 Å². The quantitative estimate of drug-likeness (QED) is 0.454. The van der Waals surface area contributed by atoms with E-state index in [-0.39, 0.29) is 6.79 Å². The molecule has 1 aromatic carbocycles. The summed E-state index contributed by atoms with van der Waals surface area (Å²) < 4.78 is 21.0. The standard InChI is InChI=1S/C19H23N3O5/c1-12-15(18(23)24-3)9-14(27-12)10-22-19(20-2)21-7-6-13-4-5-16-17(8-13)26-11-25-16/h4-5,8-9H,6-7,10-11H2,1-3H3,(H2,20,21,22). The first-order valence-corrected chi connectivity index (χ1v) is 8.61. The van der Waals surface area contributed by atoms with Crippen molar-refractivity contribution in [3.63, 3.8) is 0 Å². The van der Waals surface area contributed by atoms with E-state index in [0.29, 0.717) is 36.1 Å². The maximum absolute atomic E-state index is 11.6. The zero-order valence-corrected chi connectivity index (χ0v) is 15.6. The fourth-order valence-electron chi connectivity index (χ4n) is 2.76. The first-order chi connectivity index (χ1) is 13.1. The number of nitrogens with one attached hydrogen (secondary N) is 2. The van der Waals surface area contributed by atoms with Gasteiger partial charge in [-0.3, -0.25) is 4.99 Å². The van der Waals surface area contributed by atoms with Gasteiger partial charge in [0.05, 0.1) is 13.7 Å². The van der Waals surface area contributed by atoms with E-state index in [1.165, 1.54) is 7.11 Å². The van der Waals surface area contributed by atoms with Gasteiger partial charge in [-0.2, -0.15) is 0 Å². The topological polar surface area (TPSA) is 94.3 Å². The highest BCUT2D eigenvalue weighted by Crippen LogP contribution is 2.32. The molecule has 1 aliphatic rings. The van der Waals surface area contributed by atoms with Crippen molar-refractivity contribution >= 4 is 11.9 Å². The number of carbonyl (C=O) groups excluding carboxylic acids is 1. The number of furan rings is 1. The Bertz CT molecular complexity index is 844. The van der Waals surface area contributed by atoms with Crippen LogP contribution >= 0.6 is 0 Å². The highest BCUT2D eigenvalue weighted by Gasteiger charge is 2.15. The third kappa shape index (κ3) is 4.52. The van der Waals surface area contributed by atoms with Crippen LogP contribution in [0.15, 0.2) is 33.7 Å². The van der Waals surface area contributed by atoms with Crippen molar-refractivity contribution in [2.24, 2.45) is 4.99 Å². The van der Waals surface area contributed by atoms with Crippen LogP contribution in [0.25, 0.3) is 0 Å². The number of rotatable bonds is 6. The fourth-order valence-corrected chi connectivity index (χ4v) is 2.76. The molecule has 2 aromatic rings. The minimum Gasteiger partial charge on any atom is -0.465 e. The number of guanidine groups is 1. The molecule has 27 heavy (non-hydrogen) atoms. The van der Waals surface area contributed by atoms with E-state index in [2.05, 4.69) is 15.6 Å². The van der Waals surface area contributed by atoms with E-state index >= 15 is 0 Å². The van der Waals surface area contributed by atoms with Crippen molar-refractivity contribution in [1.82, 2.24) is 10.6 Å². The highest BCUT2D eigenvalue weighted by molar-refractivity contribution is 5.90. The molecule has 1 aromatic heterocycles. The lowest BCUT2D eigenvalue weighted by molar-refractivity contribution is 0.0599. The normalized spacial score (nSPS) is 12.8. The summed E-state index contributed by atoms with van der Waals surface area (Å²) in [6, 6.07) is 7.60. The van der Waals surface area contributed by atoms with Gasteiger partial charge in [-0.15, -0.1) is 0 Å². The Morgan fingerprint density at radius 1 is 1.22 bits per heavy atom. The maximum atomic E-state index is 11.6. The summed E-state index contributed by atoms with van der Waals surface area (Å²) in [5.74, 6) is 2.96. The van der Waals surface area contributed by atoms with Crippen molar-refractivity contribution in [2.45, 2.75) is 19.9 Å². The van der Waals surface area contributed by atoms with Crippen LogP contribution < -0.4 is 20.1 Å². The van der Waals surface area contributed by atoms with Gasteiger partial charge in [0.1, 0.15) is 17.1 Å². The Hall–Kier alpha value is -3.16. The van der Waals surface area contributed by atoms with Crippen LogP contribution in [-0.4, -0.2) is 39.4 Å². The van der Waals surface area contributed by atoms with Crippen LogP contribution in [-0.2, 0) is 17.7 Å². The van der Waals surface area contributed by atoms with Gasteiger partial charge in [0.25, 0.3) is 0 Å². The molecule has 2 N–H and O–H groups in total. The van der Waals surface area contributed by atoms with Gasteiger partial charge in [0.2, 0.25) is 6.79 Å². The number of benzene rings is 1. The molecule has 8 heteroatoms. The zero-order valence-electron chi connectivity index (χ0n) is 15.6. The number of aliphatic imine (C=N–C) groups is 1. The molecule has 3 rings (SSSR count). The molecule has 144 valence electrons. The molecule has 0 spiro atoms. The molecule has 0 bridgehead atoms. The van der Waals surface area contributed by atoms with Gasteiger partial charge < -0.3 is 29.3 Å². The SMILES string of the molecule is CN=C(NCCc1ccc2c(c1)OCO2)NCc1cc(C(=O)OC)c(C)o1. The first-order valence-electron chi connectivity index (χ1n) is 8.61. The number of aryl methyl sites for hydroxylation is 1. The summed E-state index contributed by atoms with van der Waals surface area (Å²) in [7, 11) is 3.04. The van der Waals surface area contributed by atoms with Crippen molar-refractivity contribution in [3.05, 3.63) is 46.9 Å². The van der Waals surface area contributed by atoms with Crippen LogP contribution in [0.4, 0.5) is 0 Å². The number of carbonyl (C=O) groups is 1. The monoisotopic (exact) mass is 373 g/mol. The Morgan fingerprint density at radius 3 is 2.81 bits per heavy atom. The van der Waals surface area contributed by atoms with E-state index in [1.54, 1.807) is 20.0 Å². The number of fused-ring (bicyclic) bond motifs is 1. The minimum absolute atomic E-state index is 0.275. The predicted molar refractivity (Wildman–Crippen MR) is 99.3 cm³/mol. The van der Waals surface area contributed by atoms with Crippen LogP contribution in [0.2, 0.25) is 0 Å². The summed E-state index contributed by atoms with van der Waals surface area (Å²) in [4.78, 5) is 15.8. The first kappa shape index (κ1) is 18.6. The molecule has 0 saturated carbocycles. The molecule has 0 saturated heterocycles. The number of esters is 1. The lowest BCUT2D eigenvalue weighted by atomic mass is 10.1. The average molecular weight is 373 g/mol. The van der Waals surface area contributed by atoms with Gasteiger partial charge in [0, 0.05) is 13.6 Å². The number of nitrogens with zero attached hydrogens (tertiary/aromatic N) is 1. The summed E-state index contributed by atoms with van der Waals surface area (Å²) >= 11 is 0. The van der Waals surface area contributed by atoms with Gasteiger partial charge in [-0.05, 0) is 37.1 Å². The second-order valence-electron chi connectivity index (χ2n) is 5.96. The van der Waals surface area contributed by atoms with Crippen LogP contribution in [0.1, 0.15) is 27.4 Å². The lowest BCUT2D eigenvalue weighted by Crippen LogP contribution is -2.37. The highest BCUT2D eigenvalue weighted by atomic mass is 16.7. The Kier molecular flexibility index (Phi) is 5.85. The number of methoxy groups -OCH3 is 1. The summed E-state index contributed by atoms with van der Waals surface area (Å²) in [5.41, 5.74) is 1.58. The van der Waals surface area contributed by atoms with E-state index in [4.69, 9.17) is 18.6 Å². The molecule has 0 aliphatic carbocycles. The van der Waals surface area contributed by atoms with E-state index in [0.717, 1.165) is 23.5 Å². The number of hydrogen-bond donors (Lipinski definition) is 2. The Morgan fingerprint density at radius 2 is 2.04 bits per heavy atom. The van der Waals surface area contributed by atoms with E-state index in [9.17, 15) is 4.79 Å². The number of ether oxygens (including phenoxy) is 3. The molecule has 0 atom stereocenters. The molecule has 0 radical (unpaired) electrons. The molecule has 0 fully saturated rings. The third-order valence-electron chi connectivity index (χ3n) is 4.17. The van der Waals surface area contributed by atoms with Gasteiger partial charge in [-0.25, -0.2) is 4.79 Å². The average Bonchev–Trinajstić information content (AvgIpc) is 3.29. The van der Waals surface area contributed by atoms with Crippen LogP contribution in [0.5, 0.6) is 11.5 Å². The summed E-state index contributed by atoms with van der Waals surface area (Å²) in [6.45, 7) is 3.11. The fraction of sp³-hybridized carbons (Fsp3) is 0.368. The second-order valence-corrected chi connectivity index (χ2v) is 5.96. The van der Waals surface area contributed by atoms with E-state index in [1.807, 2.05) is 18.2 Å². The van der Waals surface area contributed by atoms with Crippen LogP contribution in [0, 0.1) is 6.92 Å². The molecule has 0 unspecified atom stereocenters. The van der Waals surface area contributed by atoms with Crippen molar-refractivity contribution in [3.8, 4) is 11.5 Å². The molecule has 8 nitrogen and oxygen atoms in total. The molecular formula is C19H23N3O5. The minimum atomic E-state index is -0.409. The Labute approximate surface area is 157 Å². The zero-order chi connectivity index (χ0) is 19.2. The maximum Gasteiger partial charge on any atom is 0.341 e. The predicted octanol–water partition coefficient (Wildman–Crippen LogP) is 2.01. The molecule has 1 aliphatic heterocycles. The van der Waals surface area contributed by atoms with Gasteiger partial charge in [-0.1, -0.05) is 6.07 Å². The summed E-state index contributed by atoms with van der Waals surface area (Å²) in [6.07, 6.45) is 0.809. The summed E-state index contributed by atoms with van der Waals surface area (Å²) in [5, 5.41) is 6.40.